The number of thiocarbonyl (C=S) groups is 1. The fraction of sp³-hybridized carbons (Fsp3) is 0.200. The molecular weight excluding hydrogens is 456 g/mol. The molecule has 1 aliphatic rings. The average molecular weight is 472 g/mol. The van der Waals surface area contributed by atoms with E-state index in [1.807, 2.05) is 0 Å². The van der Waals surface area contributed by atoms with Crippen LogP contribution >= 0.6 is 35.6 Å². The van der Waals surface area contributed by atoms with E-state index in [1.165, 1.54) is 24.1 Å². The molecule has 2 aromatic carbocycles. The molecule has 3 rings (SSSR count). The van der Waals surface area contributed by atoms with Crippen LogP contribution in [-0.4, -0.2) is 30.6 Å². The van der Waals surface area contributed by atoms with Gasteiger partial charge in [0.2, 0.25) is 0 Å². The van der Waals surface area contributed by atoms with E-state index in [0.717, 1.165) is 11.8 Å². The van der Waals surface area contributed by atoms with Crippen molar-refractivity contribution in [3.8, 4) is 17.2 Å². The molecule has 2 aromatic rings. The third kappa shape index (κ3) is 4.85. The van der Waals surface area contributed by atoms with Crippen molar-refractivity contribution in [3.63, 3.8) is 0 Å². The van der Waals surface area contributed by atoms with Gasteiger partial charge in [0.25, 0.3) is 5.91 Å². The maximum absolute atomic E-state index is 12.9. The van der Waals surface area contributed by atoms with E-state index in [-0.39, 0.29) is 24.0 Å². The van der Waals surface area contributed by atoms with Crippen molar-refractivity contribution in [3.05, 3.63) is 51.9 Å². The van der Waals surface area contributed by atoms with E-state index in [1.54, 1.807) is 37.3 Å². The molecule has 0 aliphatic carbocycles. The molecule has 0 bridgehead atoms. The topological polar surface area (TPSA) is 48.0 Å². The Morgan fingerprint density at radius 2 is 1.93 bits per heavy atom. The molecule has 1 aliphatic heterocycles. The van der Waals surface area contributed by atoms with E-state index in [2.05, 4.69) is 4.74 Å². The second kappa shape index (κ2) is 9.63. The van der Waals surface area contributed by atoms with Crippen LogP contribution in [0, 0.1) is 0 Å². The summed E-state index contributed by atoms with van der Waals surface area (Å²) < 4.78 is 40.4. The molecule has 1 saturated heterocycles. The quantitative estimate of drug-likeness (QED) is 0.378. The van der Waals surface area contributed by atoms with Crippen molar-refractivity contribution in [2.75, 3.05) is 18.6 Å². The smallest absolute Gasteiger partial charge is 0.387 e. The van der Waals surface area contributed by atoms with Gasteiger partial charge in [-0.05, 0) is 48.9 Å². The summed E-state index contributed by atoms with van der Waals surface area (Å²) in [7, 11) is 1.50. The lowest BCUT2D eigenvalue weighted by Crippen LogP contribution is -2.27. The fourth-order valence-electron chi connectivity index (χ4n) is 2.71. The van der Waals surface area contributed by atoms with Gasteiger partial charge in [-0.2, -0.15) is 8.78 Å². The van der Waals surface area contributed by atoms with E-state index in [0.29, 0.717) is 31.2 Å². The SMILES string of the molecule is CCOc1cc(/C=C2\SC(=S)N(c3ccc(OC)c(Cl)c3)C2=O)ccc1OC(F)F. The number of amides is 1. The first-order valence-corrected chi connectivity index (χ1v) is 10.3. The van der Waals surface area contributed by atoms with Gasteiger partial charge in [-0.1, -0.05) is 41.6 Å². The summed E-state index contributed by atoms with van der Waals surface area (Å²) in [5, 5.41) is 0.351. The summed E-state index contributed by atoms with van der Waals surface area (Å²) in [6, 6.07) is 9.37. The summed E-state index contributed by atoms with van der Waals surface area (Å²) in [4.78, 5) is 14.7. The Morgan fingerprint density at radius 3 is 2.57 bits per heavy atom. The number of alkyl halides is 2. The minimum atomic E-state index is -2.97. The van der Waals surface area contributed by atoms with E-state index >= 15 is 0 Å². The van der Waals surface area contributed by atoms with Crippen LogP contribution in [0.5, 0.6) is 17.2 Å². The third-order valence-electron chi connectivity index (χ3n) is 3.97. The van der Waals surface area contributed by atoms with Crippen molar-refractivity contribution < 1.29 is 27.8 Å². The van der Waals surface area contributed by atoms with Crippen LogP contribution in [0.25, 0.3) is 6.08 Å². The Balaban J connectivity index is 1.89. The molecule has 5 nitrogen and oxygen atoms in total. The molecule has 30 heavy (non-hydrogen) atoms. The Bertz CT molecular complexity index is 1020. The van der Waals surface area contributed by atoms with Gasteiger partial charge in [-0.25, -0.2) is 0 Å². The number of nitrogens with zero attached hydrogens (tertiary/aromatic N) is 1. The molecule has 0 saturated carbocycles. The van der Waals surface area contributed by atoms with Crippen molar-refractivity contribution in [1.29, 1.82) is 0 Å². The standard InChI is InChI=1S/C20H16ClF2NO4S2/c1-3-27-16-8-11(4-6-15(16)28-19(22)23)9-17-18(25)24(20(29)30-17)12-5-7-14(26-2)13(21)10-12/h4-10,19H,3H2,1-2H3/b17-9-. The summed E-state index contributed by atoms with van der Waals surface area (Å²) in [6.45, 7) is -0.976. The Kier molecular flexibility index (Phi) is 7.17. The second-order valence-electron chi connectivity index (χ2n) is 5.85. The van der Waals surface area contributed by atoms with Gasteiger partial charge >= 0.3 is 6.61 Å². The fourth-order valence-corrected chi connectivity index (χ4v) is 4.26. The predicted molar refractivity (Wildman–Crippen MR) is 118 cm³/mol. The lowest BCUT2D eigenvalue weighted by Gasteiger charge is -2.15. The van der Waals surface area contributed by atoms with Crippen LogP contribution in [0.4, 0.5) is 14.5 Å². The number of methoxy groups -OCH3 is 1. The molecule has 0 spiro atoms. The summed E-state index contributed by atoms with van der Waals surface area (Å²) >= 11 is 12.6. The first-order chi connectivity index (χ1) is 14.3. The van der Waals surface area contributed by atoms with Gasteiger partial charge in [0.05, 0.1) is 29.3 Å². The monoisotopic (exact) mass is 471 g/mol. The number of rotatable bonds is 7. The minimum Gasteiger partial charge on any atom is -0.495 e. The van der Waals surface area contributed by atoms with Gasteiger partial charge in [0.15, 0.2) is 15.8 Å². The van der Waals surface area contributed by atoms with E-state index in [9.17, 15) is 13.6 Å². The number of thioether (sulfide) groups is 1. The molecule has 0 atom stereocenters. The zero-order valence-corrected chi connectivity index (χ0v) is 18.2. The molecule has 158 valence electrons. The first kappa shape index (κ1) is 22.3. The summed E-state index contributed by atoms with van der Waals surface area (Å²) in [5.41, 5.74) is 1.09. The number of carbonyl (C=O) groups is 1. The number of ether oxygens (including phenoxy) is 3. The number of carbonyl (C=O) groups excluding carboxylic acids is 1. The molecule has 0 unspecified atom stereocenters. The summed E-state index contributed by atoms with van der Waals surface area (Å²) in [6.07, 6.45) is 1.61. The highest BCUT2D eigenvalue weighted by atomic mass is 35.5. The van der Waals surface area contributed by atoms with Crippen molar-refractivity contribution in [2.24, 2.45) is 0 Å². The van der Waals surface area contributed by atoms with Gasteiger partial charge < -0.3 is 14.2 Å². The number of halogens is 3. The molecule has 1 fully saturated rings. The van der Waals surface area contributed by atoms with E-state index < -0.39 is 6.61 Å². The van der Waals surface area contributed by atoms with Crippen molar-refractivity contribution in [2.45, 2.75) is 13.5 Å². The maximum Gasteiger partial charge on any atom is 0.387 e. The van der Waals surface area contributed by atoms with E-state index in [4.69, 9.17) is 33.3 Å². The van der Waals surface area contributed by atoms with Crippen molar-refractivity contribution >= 4 is 57.6 Å². The normalized spacial score (nSPS) is 15.3. The van der Waals surface area contributed by atoms with Gasteiger partial charge in [-0.3, -0.25) is 9.69 Å². The molecule has 0 N–H and O–H groups in total. The van der Waals surface area contributed by atoms with Crippen LogP contribution in [0.1, 0.15) is 12.5 Å². The predicted octanol–water partition coefficient (Wildman–Crippen LogP) is 5.75. The molecule has 10 heteroatoms. The molecule has 1 heterocycles. The third-order valence-corrected chi connectivity index (χ3v) is 5.57. The summed E-state index contributed by atoms with van der Waals surface area (Å²) in [5.74, 6) is 0.237. The number of anilines is 1. The van der Waals surface area contributed by atoms with Crippen LogP contribution in [0.15, 0.2) is 41.3 Å². The second-order valence-corrected chi connectivity index (χ2v) is 7.94. The highest BCUT2D eigenvalue weighted by molar-refractivity contribution is 8.27. The largest absolute Gasteiger partial charge is 0.495 e. The number of benzene rings is 2. The van der Waals surface area contributed by atoms with Crippen LogP contribution in [0.2, 0.25) is 5.02 Å². The average Bonchev–Trinajstić information content (AvgIpc) is 2.97. The van der Waals surface area contributed by atoms with Crippen LogP contribution < -0.4 is 19.1 Å². The lowest BCUT2D eigenvalue weighted by molar-refractivity contribution is -0.113. The van der Waals surface area contributed by atoms with Crippen LogP contribution in [0.3, 0.4) is 0 Å². The van der Waals surface area contributed by atoms with Gasteiger partial charge in [0, 0.05) is 0 Å². The number of hydrogen-bond acceptors (Lipinski definition) is 6. The Hall–Kier alpha value is -2.36. The molecule has 0 aromatic heterocycles. The van der Waals surface area contributed by atoms with Crippen molar-refractivity contribution in [1.82, 2.24) is 0 Å². The van der Waals surface area contributed by atoms with Gasteiger partial charge in [-0.15, -0.1) is 0 Å². The Labute approximate surface area is 186 Å². The zero-order chi connectivity index (χ0) is 21.8. The molecule has 0 radical (unpaired) electrons. The first-order valence-electron chi connectivity index (χ1n) is 8.67. The molecule has 1 amide bonds. The van der Waals surface area contributed by atoms with Crippen LogP contribution in [-0.2, 0) is 4.79 Å². The lowest BCUT2D eigenvalue weighted by atomic mass is 10.1. The highest BCUT2D eigenvalue weighted by Gasteiger charge is 2.33. The zero-order valence-electron chi connectivity index (χ0n) is 15.9. The number of hydrogen-bond donors (Lipinski definition) is 0. The minimum absolute atomic E-state index is 0.0792. The molecular formula is C20H16ClF2NO4S2. The maximum atomic E-state index is 12.9. The Morgan fingerprint density at radius 1 is 1.20 bits per heavy atom. The van der Waals surface area contributed by atoms with Gasteiger partial charge in [0.1, 0.15) is 5.75 Å². The highest BCUT2D eigenvalue weighted by Crippen LogP contribution is 2.39.